The van der Waals surface area contributed by atoms with Crippen molar-refractivity contribution in [3.63, 3.8) is 0 Å². The predicted octanol–water partition coefficient (Wildman–Crippen LogP) is -0.0487. The van der Waals surface area contributed by atoms with Gasteiger partial charge in [-0.1, -0.05) is 48.5 Å². The standard InChI is InChI=1S/C40H49N11O9S/c41-40(60)43-18-8-13-27-36(56)45-23-33(52)47-30(20-34(53)54)39(59)50-29(19-24-9-2-1-3-10-24)38(58)49-28(37(57)48-27)12-6-7-17-42-35(55)26-15-16-32(44-21-26)51-46-22-25-11-4-5-14-31(25)61/h1-5,9-11,14-16,21-22,27-30,61H,6-8,12-13,17-20,23H2,(H,42,55)(H,44,51)(H,45,56)(H,47,52)(H,48,57)(H,49,58)(H,50,59)(H,53,54)(H3,41,43,60)/t27-,28-,29+,30-/m0/s1. The van der Waals surface area contributed by atoms with Gasteiger partial charge in [0.25, 0.3) is 5.91 Å². The summed E-state index contributed by atoms with van der Waals surface area (Å²) in [6.45, 7) is -0.429. The Morgan fingerprint density at radius 3 is 2.10 bits per heavy atom. The van der Waals surface area contributed by atoms with Crippen LogP contribution in [0.3, 0.4) is 0 Å². The quantitative estimate of drug-likeness (QED) is 0.0370. The number of carboxylic acid groups (broad SMARTS) is 1. The number of aromatic nitrogens is 1. The van der Waals surface area contributed by atoms with Gasteiger partial charge in [-0.25, -0.2) is 9.78 Å². The van der Waals surface area contributed by atoms with Gasteiger partial charge in [-0.05, 0) is 55.9 Å². The molecule has 1 aromatic heterocycles. The number of benzene rings is 2. The highest BCUT2D eigenvalue weighted by atomic mass is 32.1. The number of hydrogen-bond donors (Lipinski definition) is 11. The van der Waals surface area contributed by atoms with Crippen molar-refractivity contribution < 1.29 is 43.5 Å². The number of carbonyl (C=O) groups is 8. The van der Waals surface area contributed by atoms with Gasteiger partial charge < -0.3 is 48.1 Å². The van der Waals surface area contributed by atoms with E-state index in [1.165, 1.54) is 6.20 Å². The van der Waals surface area contributed by atoms with Crippen LogP contribution in [0.2, 0.25) is 0 Å². The number of carbonyl (C=O) groups excluding carboxylic acids is 7. The fourth-order valence-electron chi connectivity index (χ4n) is 5.99. The van der Waals surface area contributed by atoms with E-state index < -0.39 is 84.6 Å². The normalized spacial score (nSPS) is 18.9. The lowest BCUT2D eigenvalue weighted by Gasteiger charge is -2.26. The highest BCUT2D eigenvalue weighted by Crippen LogP contribution is 2.12. The highest BCUT2D eigenvalue weighted by molar-refractivity contribution is 7.80. The molecule has 20 nitrogen and oxygen atoms in total. The summed E-state index contributed by atoms with van der Waals surface area (Å²) in [6, 6.07) is 12.9. The molecule has 21 heteroatoms. The van der Waals surface area contributed by atoms with Gasteiger partial charge in [-0.2, -0.15) is 5.10 Å². The number of thiol groups is 1. The van der Waals surface area contributed by atoms with Crippen LogP contribution in [-0.2, 0) is 35.2 Å². The number of nitrogens with zero attached hydrogens (tertiary/aromatic N) is 2. The average molecular weight is 860 g/mol. The molecule has 0 saturated carbocycles. The molecular formula is C40H49N11O9S. The van der Waals surface area contributed by atoms with Gasteiger partial charge in [-0.3, -0.25) is 39.0 Å². The smallest absolute Gasteiger partial charge is 0.312 e. The number of hydrazone groups is 1. The summed E-state index contributed by atoms with van der Waals surface area (Å²) in [5.41, 5.74) is 9.65. The maximum Gasteiger partial charge on any atom is 0.312 e. The van der Waals surface area contributed by atoms with E-state index >= 15 is 0 Å². The van der Waals surface area contributed by atoms with E-state index in [-0.39, 0.29) is 44.3 Å². The van der Waals surface area contributed by atoms with Crippen molar-refractivity contribution in [1.82, 2.24) is 42.2 Å². The number of pyridine rings is 1. The van der Waals surface area contributed by atoms with Crippen LogP contribution in [0.25, 0.3) is 0 Å². The highest BCUT2D eigenvalue weighted by Gasteiger charge is 2.33. The van der Waals surface area contributed by atoms with Crippen LogP contribution in [0.1, 0.15) is 60.0 Å². The molecule has 3 aromatic rings. The SMILES string of the molecule is NC(=O)NCCC[C@@H]1NC(=O)[C@H](CCCCNC(=O)c2ccc(NN=Cc3ccccc3S)nc2)NC(=O)[C@@H](Cc2ccccc2)NC(=O)[C@H](CC(=O)O)NC(=O)CNC1=O. The molecule has 2 aromatic carbocycles. The summed E-state index contributed by atoms with van der Waals surface area (Å²) in [7, 11) is 0. The van der Waals surface area contributed by atoms with E-state index in [0.717, 1.165) is 10.5 Å². The largest absolute Gasteiger partial charge is 0.481 e. The molecule has 2 heterocycles. The summed E-state index contributed by atoms with van der Waals surface area (Å²) in [5.74, 6) is -5.64. The van der Waals surface area contributed by atoms with Gasteiger partial charge in [0, 0.05) is 36.2 Å². The summed E-state index contributed by atoms with van der Waals surface area (Å²) in [5, 5.41) is 31.3. The van der Waals surface area contributed by atoms with Crippen molar-refractivity contribution in [2.24, 2.45) is 10.8 Å². The number of urea groups is 1. The Balaban J connectivity index is 1.46. The number of unbranched alkanes of at least 4 members (excludes halogenated alkanes) is 1. The van der Waals surface area contributed by atoms with Gasteiger partial charge in [0.2, 0.25) is 29.5 Å². The number of hydrogen-bond acceptors (Lipinski definition) is 12. The molecule has 0 unspecified atom stereocenters. The molecule has 1 fully saturated rings. The zero-order valence-corrected chi connectivity index (χ0v) is 33.9. The number of anilines is 1. The third kappa shape index (κ3) is 16.3. The molecule has 61 heavy (non-hydrogen) atoms. The van der Waals surface area contributed by atoms with Gasteiger partial charge in [0.05, 0.1) is 24.7 Å². The van der Waals surface area contributed by atoms with E-state index in [1.807, 2.05) is 24.3 Å². The molecule has 1 saturated heterocycles. The van der Waals surface area contributed by atoms with Crippen molar-refractivity contribution in [3.8, 4) is 0 Å². The second kappa shape index (κ2) is 24.1. The number of primary amides is 1. The van der Waals surface area contributed by atoms with Crippen molar-refractivity contribution in [2.45, 2.75) is 74.0 Å². The summed E-state index contributed by atoms with van der Waals surface area (Å²) < 4.78 is 0. The monoisotopic (exact) mass is 859 g/mol. The molecule has 0 bridgehead atoms. The van der Waals surface area contributed by atoms with Gasteiger partial charge in [0.15, 0.2) is 0 Å². The molecule has 4 rings (SSSR count). The molecule has 324 valence electrons. The van der Waals surface area contributed by atoms with E-state index in [4.69, 9.17) is 5.73 Å². The number of carboxylic acids is 1. The molecule has 1 aliphatic heterocycles. The third-order valence-corrected chi connectivity index (χ3v) is 9.56. The second-order valence-corrected chi connectivity index (χ2v) is 14.3. The predicted molar refractivity (Wildman–Crippen MR) is 225 cm³/mol. The minimum atomic E-state index is -1.62. The zero-order chi connectivity index (χ0) is 44.1. The summed E-state index contributed by atoms with van der Waals surface area (Å²) >= 11 is 4.38. The Kier molecular flexibility index (Phi) is 18.5. The topological polar surface area (TPSA) is 304 Å². The molecule has 0 spiro atoms. The van der Waals surface area contributed by atoms with Crippen molar-refractivity contribution >= 4 is 72.1 Å². The van der Waals surface area contributed by atoms with E-state index in [0.29, 0.717) is 24.2 Å². The molecule has 11 N–H and O–H groups in total. The molecule has 8 amide bonds. The molecule has 0 aliphatic carbocycles. The molecule has 4 atom stereocenters. The Hall–Kier alpha value is -7.03. The van der Waals surface area contributed by atoms with Crippen molar-refractivity contribution in [3.05, 3.63) is 89.6 Å². The Bertz CT molecular complexity index is 2050. The van der Waals surface area contributed by atoms with Crippen LogP contribution < -0.4 is 48.4 Å². The second-order valence-electron chi connectivity index (χ2n) is 13.9. The molecular weight excluding hydrogens is 811 g/mol. The van der Waals surface area contributed by atoms with Crippen LogP contribution in [0, 0.1) is 0 Å². The Morgan fingerprint density at radius 1 is 0.770 bits per heavy atom. The number of aliphatic carboxylic acids is 1. The van der Waals surface area contributed by atoms with Crippen LogP contribution in [0.15, 0.2) is 82.9 Å². The summed E-state index contributed by atoms with van der Waals surface area (Å²) in [4.78, 5) is 108. The summed E-state index contributed by atoms with van der Waals surface area (Å²) in [6.07, 6.45) is 2.91. The lowest BCUT2D eigenvalue weighted by Crippen LogP contribution is -2.58. The molecule has 0 radical (unpaired) electrons. The number of rotatable bonds is 17. The first-order valence-electron chi connectivity index (χ1n) is 19.4. The van der Waals surface area contributed by atoms with Crippen molar-refractivity contribution in [1.29, 1.82) is 0 Å². The van der Waals surface area contributed by atoms with Gasteiger partial charge >= 0.3 is 12.0 Å². The van der Waals surface area contributed by atoms with Crippen molar-refractivity contribution in [2.75, 3.05) is 25.1 Å². The fourth-order valence-corrected chi connectivity index (χ4v) is 6.21. The minimum Gasteiger partial charge on any atom is -0.481 e. The minimum absolute atomic E-state index is 0.0197. The van der Waals surface area contributed by atoms with Gasteiger partial charge in [-0.15, -0.1) is 12.6 Å². The van der Waals surface area contributed by atoms with E-state index in [9.17, 15) is 43.5 Å². The zero-order valence-electron chi connectivity index (χ0n) is 33.0. The lowest BCUT2D eigenvalue weighted by atomic mass is 10.0. The molecule has 1 aliphatic rings. The van der Waals surface area contributed by atoms with E-state index in [2.05, 4.69) is 65.4 Å². The first-order valence-corrected chi connectivity index (χ1v) is 19.8. The van der Waals surface area contributed by atoms with Crippen LogP contribution in [0.4, 0.5) is 10.6 Å². The van der Waals surface area contributed by atoms with Crippen LogP contribution in [0.5, 0.6) is 0 Å². The number of nitrogens with two attached hydrogens (primary N) is 1. The first-order chi connectivity index (χ1) is 29.3. The maximum absolute atomic E-state index is 13.9. The third-order valence-electron chi connectivity index (χ3n) is 9.15. The van der Waals surface area contributed by atoms with Crippen LogP contribution in [-0.4, -0.2) is 108 Å². The number of amides is 8. The van der Waals surface area contributed by atoms with Crippen LogP contribution >= 0.6 is 12.6 Å². The first kappa shape index (κ1) is 46.7. The Morgan fingerprint density at radius 2 is 1.41 bits per heavy atom. The van der Waals surface area contributed by atoms with E-state index in [1.54, 1.807) is 48.7 Å². The number of nitrogens with one attached hydrogen (secondary N) is 8. The van der Waals surface area contributed by atoms with Gasteiger partial charge in [0.1, 0.15) is 30.0 Å². The Labute approximate surface area is 356 Å². The lowest BCUT2D eigenvalue weighted by molar-refractivity contribution is -0.141. The fraction of sp³-hybridized carbons (Fsp3) is 0.350. The maximum atomic E-state index is 13.9. The average Bonchev–Trinajstić information content (AvgIpc) is 3.23.